The first kappa shape index (κ1) is 56.7. The lowest BCUT2D eigenvalue weighted by atomic mass is 9.85. The molecule has 14 nitrogen and oxygen atoms in total. The molecule has 1 aliphatic rings. The summed E-state index contributed by atoms with van der Waals surface area (Å²) in [5.41, 5.74) is 0. The highest BCUT2D eigenvalue weighted by atomic mass is 31.2. The van der Waals surface area contributed by atoms with E-state index < -0.39 is 81.8 Å². The van der Waals surface area contributed by atoms with Crippen LogP contribution in [0.1, 0.15) is 123 Å². The minimum Gasteiger partial charge on any atom is -0.462 e. The summed E-state index contributed by atoms with van der Waals surface area (Å²) >= 11 is 0. The van der Waals surface area contributed by atoms with Gasteiger partial charge in [0.25, 0.3) is 0 Å². The summed E-state index contributed by atoms with van der Waals surface area (Å²) in [6.07, 6.45) is 31.3. The first-order valence-corrected chi connectivity index (χ1v) is 23.6. The van der Waals surface area contributed by atoms with Gasteiger partial charge in [-0.3, -0.25) is 18.6 Å². The Labute approximate surface area is 369 Å². The van der Waals surface area contributed by atoms with E-state index in [0.717, 1.165) is 44.9 Å². The van der Waals surface area contributed by atoms with E-state index in [0.29, 0.717) is 32.1 Å². The molecule has 0 radical (unpaired) electrons. The highest BCUT2D eigenvalue weighted by molar-refractivity contribution is 7.47. The average Bonchev–Trinajstić information content (AvgIpc) is 3.25. The molecule has 1 rings (SSSR count). The van der Waals surface area contributed by atoms with Crippen LogP contribution in [-0.2, 0) is 32.7 Å². The number of carbonyl (C=O) groups is 2. The molecule has 0 spiro atoms. The predicted molar refractivity (Wildman–Crippen MR) is 240 cm³/mol. The Hall–Kier alpha value is -3.27. The lowest BCUT2D eigenvalue weighted by molar-refractivity contribution is -0.220. The van der Waals surface area contributed by atoms with E-state index in [2.05, 4.69) is 55.5 Å². The maximum atomic E-state index is 12.8. The number of esters is 2. The van der Waals surface area contributed by atoms with Gasteiger partial charge >= 0.3 is 19.8 Å². The summed E-state index contributed by atoms with van der Waals surface area (Å²) in [7, 11) is -5.15. The lowest BCUT2D eigenvalue weighted by Crippen LogP contribution is -2.64. The molecule has 352 valence electrons. The van der Waals surface area contributed by atoms with Gasteiger partial charge in [0.1, 0.15) is 43.2 Å². The second-order valence-corrected chi connectivity index (χ2v) is 16.4. The SMILES string of the molecule is CCCCC/C=C\C/C=C\C/C=C\CCCCC(=O)O[C@H](COC(=O)CCC/C=C\C/C=C\C/C=C\C/C=C\C=C\[C@@H](O)CC)COP(=O)(O)OC1[C@H](O)[C@H](O)C(O)[C@H](O)[C@H]1O. The van der Waals surface area contributed by atoms with Crippen LogP contribution in [0, 0.1) is 0 Å². The minimum absolute atomic E-state index is 0.0226. The number of ether oxygens (including phenoxy) is 2. The van der Waals surface area contributed by atoms with Gasteiger partial charge in [0, 0.05) is 12.8 Å². The van der Waals surface area contributed by atoms with Gasteiger partial charge in [0.05, 0.1) is 12.7 Å². The zero-order valence-corrected chi connectivity index (χ0v) is 37.6. The number of rotatable bonds is 34. The van der Waals surface area contributed by atoms with Crippen molar-refractivity contribution < 1.29 is 68.2 Å². The van der Waals surface area contributed by atoms with Gasteiger partial charge in [-0.1, -0.05) is 124 Å². The first-order chi connectivity index (χ1) is 29.8. The van der Waals surface area contributed by atoms with Crippen LogP contribution in [0.2, 0.25) is 0 Å². The molecule has 0 saturated heterocycles. The molecule has 1 saturated carbocycles. The van der Waals surface area contributed by atoms with Gasteiger partial charge in [-0.05, 0) is 83.5 Å². The van der Waals surface area contributed by atoms with E-state index in [1.165, 1.54) is 19.3 Å². The summed E-state index contributed by atoms with van der Waals surface area (Å²) in [4.78, 5) is 35.6. The van der Waals surface area contributed by atoms with Crippen LogP contribution in [0.4, 0.5) is 0 Å². The van der Waals surface area contributed by atoms with Crippen LogP contribution < -0.4 is 0 Å². The Morgan fingerprint density at radius 3 is 1.58 bits per heavy atom. The molecule has 0 bridgehead atoms. The number of phosphoric acid groups is 1. The van der Waals surface area contributed by atoms with Gasteiger partial charge in [0.15, 0.2) is 6.10 Å². The second kappa shape index (κ2) is 36.1. The third kappa shape index (κ3) is 28.4. The summed E-state index contributed by atoms with van der Waals surface area (Å²) in [5.74, 6) is -1.24. The standard InChI is InChI=1S/C47H75O14P/c1-3-5-6-7-8-9-10-11-12-17-20-23-26-29-32-35-41(50)60-39(37-59-62(56,57)61-47-45(54)43(52)42(51)44(53)46(47)55)36-58-40(49)34-31-28-25-22-19-16-14-13-15-18-21-24-27-30-33-38(48)4-2/h8-9,11-12,14-16,18,20,22-25,27,30,33,38-39,42-48,51-55H,3-7,10,13,17,19,21,26,28-29,31-32,34-37H2,1-2H3,(H,56,57)/b9-8-,12-11-,16-14-,18-15-,23-20-,25-22-,27-24-,33-30+/t38-,39+,42?,43-,44+,45+,46+,47?/m0/s1. The maximum Gasteiger partial charge on any atom is 0.472 e. The van der Waals surface area contributed by atoms with Gasteiger partial charge < -0.3 is 45.0 Å². The Morgan fingerprint density at radius 2 is 1.05 bits per heavy atom. The normalized spacial score (nSPS) is 23.3. The number of phosphoric ester groups is 1. The fraction of sp³-hybridized carbons (Fsp3) is 0.617. The molecule has 0 aromatic rings. The number of allylic oxidation sites excluding steroid dienone is 15. The fourth-order valence-electron chi connectivity index (χ4n) is 5.81. The van der Waals surface area contributed by atoms with E-state index in [4.69, 9.17) is 18.5 Å². The molecule has 7 N–H and O–H groups in total. The van der Waals surface area contributed by atoms with Crippen molar-refractivity contribution in [3.8, 4) is 0 Å². The molecule has 0 aromatic carbocycles. The number of aliphatic hydroxyl groups is 6. The zero-order valence-electron chi connectivity index (χ0n) is 36.7. The van der Waals surface area contributed by atoms with Crippen LogP contribution in [0.15, 0.2) is 97.2 Å². The number of aliphatic hydroxyl groups excluding tert-OH is 6. The van der Waals surface area contributed by atoms with Gasteiger partial charge in [-0.15, -0.1) is 0 Å². The van der Waals surface area contributed by atoms with Crippen molar-refractivity contribution in [2.45, 2.75) is 172 Å². The van der Waals surface area contributed by atoms with Gasteiger partial charge in [-0.25, -0.2) is 4.57 Å². The highest BCUT2D eigenvalue weighted by Crippen LogP contribution is 2.47. The molecule has 1 fully saturated rings. The van der Waals surface area contributed by atoms with E-state index >= 15 is 0 Å². The largest absolute Gasteiger partial charge is 0.472 e. The number of hydrogen-bond acceptors (Lipinski definition) is 13. The fourth-order valence-corrected chi connectivity index (χ4v) is 6.78. The second-order valence-electron chi connectivity index (χ2n) is 15.0. The number of carbonyl (C=O) groups excluding carboxylic acids is 2. The third-order valence-corrected chi connectivity index (χ3v) is 10.6. The van der Waals surface area contributed by atoms with Crippen molar-refractivity contribution in [3.63, 3.8) is 0 Å². The number of unbranched alkanes of at least 4 members (excludes halogenated alkanes) is 6. The molecule has 0 aromatic heterocycles. The van der Waals surface area contributed by atoms with Crippen molar-refractivity contribution >= 4 is 19.8 Å². The molecule has 3 unspecified atom stereocenters. The first-order valence-electron chi connectivity index (χ1n) is 22.1. The summed E-state index contributed by atoms with van der Waals surface area (Å²) in [5, 5.41) is 59.6. The number of hydrogen-bond donors (Lipinski definition) is 7. The Kier molecular flexibility index (Phi) is 33.1. The van der Waals surface area contributed by atoms with Crippen LogP contribution in [-0.4, -0.2) is 110 Å². The lowest BCUT2D eigenvalue weighted by Gasteiger charge is -2.41. The molecule has 0 heterocycles. The van der Waals surface area contributed by atoms with Gasteiger partial charge in [0.2, 0.25) is 0 Å². The summed E-state index contributed by atoms with van der Waals surface area (Å²) in [6, 6.07) is 0. The predicted octanol–water partition coefficient (Wildman–Crippen LogP) is 7.24. The topological polar surface area (TPSA) is 230 Å². The molecular weight excluding hydrogens is 819 g/mol. The van der Waals surface area contributed by atoms with E-state index in [9.17, 15) is 49.7 Å². The zero-order chi connectivity index (χ0) is 45.9. The molecular formula is C47H75O14P. The van der Waals surface area contributed by atoms with Crippen molar-refractivity contribution in [1.82, 2.24) is 0 Å². The van der Waals surface area contributed by atoms with Crippen LogP contribution in [0.5, 0.6) is 0 Å². The van der Waals surface area contributed by atoms with E-state index in [1.807, 2.05) is 49.5 Å². The van der Waals surface area contributed by atoms with Crippen molar-refractivity contribution in [1.29, 1.82) is 0 Å². The highest BCUT2D eigenvalue weighted by Gasteiger charge is 2.51. The molecule has 1 aliphatic carbocycles. The van der Waals surface area contributed by atoms with E-state index in [1.54, 1.807) is 6.08 Å². The van der Waals surface area contributed by atoms with E-state index in [-0.39, 0.29) is 12.8 Å². The summed E-state index contributed by atoms with van der Waals surface area (Å²) < 4.78 is 33.4. The molecule has 0 amide bonds. The van der Waals surface area contributed by atoms with Crippen molar-refractivity contribution in [2.24, 2.45) is 0 Å². The molecule has 62 heavy (non-hydrogen) atoms. The Balaban J connectivity index is 2.57. The molecule has 15 heteroatoms. The van der Waals surface area contributed by atoms with Crippen molar-refractivity contribution in [2.75, 3.05) is 13.2 Å². The maximum absolute atomic E-state index is 12.8. The average molecular weight is 895 g/mol. The van der Waals surface area contributed by atoms with Crippen molar-refractivity contribution in [3.05, 3.63) is 97.2 Å². The smallest absolute Gasteiger partial charge is 0.462 e. The Bertz CT molecular complexity index is 1470. The Morgan fingerprint density at radius 1 is 0.581 bits per heavy atom. The summed E-state index contributed by atoms with van der Waals surface area (Å²) in [6.45, 7) is 2.83. The third-order valence-electron chi connectivity index (χ3n) is 9.57. The monoisotopic (exact) mass is 894 g/mol. The molecule has 9 atom stereocenters. The van der Waals surface area contributed by atoms with Gasteiger partial charge in [-0.2, -0.15) is 0 Å². The quantitative estimate of drug-likeness (QED) is 0.0111. The molecule has 0 aliphatic heterocycles. The van der Waals surface area contributed by atoms with Crippen LogP contribution >= 0.6 is 7.82 Å². The van der Waals surface area contributed by atoms with Crippen LogP contribution in [0.25, 0.3) is 0 Å². The van der Waals surface area contributed by atoms with Crippen LogP contribution in [0.3, 0.4) is 0 Å². The minimum atomic E-state index is -5.15.